The minimum Gasteiger partial charge on any atom is -0.489 e. The van der Waals surface area contributed by atoms with Crippen LogP contribution in [0.25, 0.3) is 6.08 Å². The number of halogens is 5. The molecule has 1 saturated heterocycles. The molecule has 1 aliphatic heterocycles. The van der Waals surface area contributed by atoms with Crippen LogP contribution in [0.2, 0.25) is 0 Å². The highest BCUT2D eigenvalue weighted by Gasteiger charge is 2.26. The van der Waals surface area contributed by atoms with Crippen molar-refractivity contribution in [2.24, 2.45) is 0 Å². The summed E-state index contributed by atoms with van der Waals surface area (Å²) < 4.78 is 78.1. The van der Waals surface area contributed by atoms with Crippen molar-refractivity contribution in [2.45, 2.75) is 13.0 Å². The minimum atomic E-state index is -2.26. The molecular weight excluding hydrogens is 411 g/mol. The fourth-order valence-corrected chi connectivity index (χ4v) is 2.78. The van der Waals surface area contributed by atoms with Crippen LogP contribution in [-0.2, 0) is 9.53 Å². The minimum absolute atomic E-state index is 0.125. The van der Waals surface area contributed by atoms with Crippen molar-refractivity contribution >= 4 is 12.0 Å². The fourth-order valence-electron chi connectivity index (χ4n) is 2.78. The second kappa shape index (κ2) is 9.21. The Kier molecular flexibility index (Phi) is 6.66. The first kappa shape index (κ1) is 21.7. The smallest absolute Gasteiger partial charge is 0.246 e. The van der Waals surface area contributed by atoms with Gasteiger partial charge in [0.2, 0.25) is 11.7 Å². The predicted octanol–water partition coefficient (Wildman–Crippen LogP) is 3.41. The summed E-state index contributed by atoms with van der Waals surface area (Å²) in [6.45, 7) is 2.48. The molecule has 1 aromatic carbocycles. The van der Waals surface area contributed by atoms with Gasteiger partial charge in [-0.3, -0.25) is 9.78 Å². The van der Waals surface area contributed by atoms with Gasteiger partial charge in [-0.1, -0.05) is 0 Å². The highest BCUT2D eigenvalue weighted by molar-refractivity contribution is 5.92. The highest BCUT2D eigenvalue weighted by atomic mass is 19.2. The maximum Gasteiger partial charge on any atom is 0.246 e. The SMILES string of the molecule is Cc1ccc(OCC2CN(C(=O)/C=C/c3c(F)c(F)c(F)c(F)c3F)CCO2)cn1. The molecular formula is C20H17F5N2O3. The normalized spacial score (nSPS) is 16.9. The van der Waals surface area contributed by atoms with E-state index in [2.05, 4.69) is 4.98 Å². The molecule has 5 nitrogen and oxygen atoms in total. The molecule has 160 valence electrons. The van der Waals surface area contributed by atoms with Gasteiger partial charge in [-0.25, -0.2) is 22.0 Å². The van der Waals surface area contributed by atoms with Crippen molar-refractivity contribution < 1.29 is 36.2 Å². The Morgan fingerprint density at radius 2 is 1.83 bits per heavy atom. The number of pyridine rings is 1. The number of rotatable bonds is 5. The molecule has 0 bridgehead atoms. The predicted molar refractivity (Wildman–Crippen MR) is 96.1 cm³/mol. The number of morpholine rings is 1. The van der Waals surface area contributed by atoms with Gasteiger partial charge in [0.15, 0.2) is 23.3 Å². The Hall–Kier alpha value is -3.01. The molecule has 0 spiro atoms. The number of aromatic nitrogens is 1. The third-order valence-electron chi connectivity index (χ3n) is 4.41. The van der Waals surface area contributed by atoms with Gasteiger partial charge in [0.25, 0.3) is 0 Å². The molecule has 0 radical (unpaired) electrons. The topological polar surface area (TPSA) is 51.7 Å². The molecule has 0 saturated carbocycles. The number of amides is 1. The van der Waals surface area contributed by atoms with E-state index < -0.39 is 46.7 Å². The molecule has 10 heteroatoms. The lowest BCUT2D eigenvalue weighted by molar-refractivity contribution is -0.134. The Balaban J connectivity index is 1.63. The third kappa shape index (κ3) is 4.76. The Morgan fingerprint density at radius 3 is 2.47 bits per heavy atom. The molecule has 0 aliphatic carbocycles. The highest BCUT2D eigenvalue weighted by Crippen LogP contribution is 2.24. The quantitative estimate of drug-likeness (QED) is 0.317. The lowest BCUT2D eigenvalue weighted by atomic mass is 10.1. The van der Waals surface area contributed by atoms with Crippen LogP contribution in [0.3, 0.4) is 0 Å². The number of aryl methyl sites for hydroxylation is 1. The van der Waals surface area contributed by atoms with Gasteiger partial charge >= 0.3 is 0 Å². The van der Waals surface area contributed by atoms with Crippen molar-refractivity contribution in [3.63, 3.8) is 0 Å². The number of carbonyl (C=O) groups is 1. The summed E-state index contributed by atoms with van der Waals surface area (Å²) in [6.07, 6.45) is 2.41. The van der Waals surface area contributed by atoms with E-state index in [1.807, 2.05) is 6.92 Å². The zero-order valence-electron chi connectivity index (χ0n) is 15.8. The number of nitrogens with zero attached hydrogens (tertiary/aromatic N) is 2. The van der Waals surface area contributed by atoms with E-state index in [-0.39, 0.29) is 26.3 Å². The van der Waals surface area contributed by atoms with E-state index in [0.717, 1.165) is 11.8 Å². The van der Waals surface area contributed by atoms with Gasteiger partial charge in [-0.05, 0) is 25.1 Å². The van der Waals surface area contributed by atoms with E-state index in [4.69, 9.17) is 9.47 Å². The van der Waals surface area contributed by atoms with Crippen LogP contribution >= 0.6 is 0 Å². The molecule has 30 heavy (non-hydrogen) atoms. The number of hydrogen-bond acceptors (Lipinski definition) is 4. The lowest BCUT2D eigenvalue weighted by Gasteiger charge is -2.32. The molecule has 1 aliphatic rings. The van der Waals surface area contributed by atoms with Crippen molar-refractivity contribution in [1.82, 2.24) is 9.88 Å². The van der Waals surface area contributed by atoms with Gasteiger partial charge in [0, 0.05) is 18.3 Å². The van der Waals surface area contributed by atoms with Gasteiger partial charge in [0.1, 0.15) is 18.5 Å². The largest absolute Gasteiger partial charge is 0.489 e. The van der Waals surface area contributed by atoms with Crippen LogP contribution in [-0.4, -0.2) is 48.2 Å². The molecule has 3 rings (SSSR count). The lowest BCUT2D eigenvalue weighted by Crippen LogP contribution is -2.47. The summed E-state index contributed by atoms with van der Waals surface area (Å²) in [4.78, 5) is 17.7. The van der Waals surface area contributed by atoms with Gasteiger partial charge in [0.05, 0.1) is 24.9 Å². The summed E-state index contributed by atoms with van der Waals surface area (Å²) in [5.74, 6) is -10.5. The van der Waals surface area contributed by atoms with E-state index in [1.54, 1.807) is 18.3 Å². The van der Waals surface area contributed by atoms with Gasteiger partial charge in [-0.15, -0.1) is 0 Å². The van der Waals surface area contributed by atoms with Crippen LogP contribution in [0.5, 0.6) is 5.75 Å². The molecule has 1 atom stereocenters. The number of carbonyl (C=O) groups excluding carboxylic acids is 1. The first-order valence-electron chi connectivity index (χ1n) is 8.93. The molecule has 1 fully saturated rings. The van der Waals surface area contributed by atoms with E-state index in [1.165, 1.54) is 4.90 Å². The second-order valence-electron chi connectivity index (χ2n) is 6.54. The molecule has 2 aromatic rings. The van der Waals surface area contributed by atoms with Crippen LogP contribution in [0.4, 0.5) is 22.0 Å². The van der Waals surface area contributed by atoms with Crippen molar-refractivity contribution in [1.29, 1.82) is 0 Å². The second-order valence-corrected chi connectivity index (χ2v) is 6.54. The molecule has 1 amide bonds. The van der Waals surface area contributed by atoms with E-state index in [9.17, 15) is 26.7 Å². The zero-order valence-corrected chi connectivity index (χ0v) is 15.8. The standard InChI is InChI=1S/C20H17F5N2O3/c1-11-2-3-12(8-26-11)30-10-13-9-27(6-7-29-13)15(28)5-4-14-16(21)18(23)20(25)19(24)17(14)22/h2-5,8,13H,6-7,9-10H2,1H3/b5-4+. The molecule has 0 N–H and O–H groups in total. The molecule has 1 unspecified atom stereocenters. The van der Waals surface area contributed by atoms with Gasteiger partial charge in [-0.2, -0.15) is 0 Å². The fraction of sp³-hybridized carbons (Fsp3) is 0.300. The molecule has 1 aromatic heterocycles. The summed E-state index contributed by atoms with van der Waals surface area (Å²) in [7, 11) is 0. The van der Waals surface area contributed by atoms with Crippen LogP contribution in [0.1, 0.15) is 11.3 Å². The van der Waals surface area contributed by atoms with Crippen LogP contribution in [0.15, 0.2) is 24.4 Å². The van der Waals surface area contributed by atoms with Crippen molar-refractivity contribution in [2.75, 3.05) is 26.3 Å². The summed E-state index contributed by atoms with van der Waals surface area (Å²) in [5.41, 5.74) is -0.353. The maximum atomic E-state index is 13.7. The average molecular weight is 428 g/mol. The zero-order chi connectivity index (χ0) is 21.8. The van der Waals surface area contributed by atoms with E-state index >= 15 is 0 Å². The third-order valence-corrected chi connectivity index (χ3v) is 4.41. The first-order valence-corrected chi connectivity index (χ1v) is 8.93. The Labute approximate surface area is 168 Å². The average Bonchev–Trinajstić information content (AvgIpc) is 2.76. The number of hydrogen-bond donors (Lipinski definition) is 0. The monoisotopic (exact) mass is 428 g/mol. The summed E-state index contributed by atoms with van der Waals surface area (Å²) in [5, 5.41) is 0. The number of benzene rings is 1. The first-order chi connectivity index (χ1) is 14.3. The maximum absolute atomic E-state index is 13.7. The van der Waals surface area contributed by atoms with Crippen LogP contribution in [0, 0.1) is 36.0 Å². The molecule has 2 heterocycles. The summed E-state index contributed by atoms with van der Waals surface area (Å²) in [6, 6.07) is 3.51. The Morgan fingerprint density at radius 1 is 1.17 bits per heavy atom. The summed E-state index contributed by atoms with van der Waals surface area (Å²) >= 11 is 0. The van der Waals surface area contributed by atoms with E-state index in [0.29, 0.717) is 11.8 Å². The van der Waals surface area contributed by atoms with Crippen molar-refractivity contribution in [3.05, 3.63) is 64.7 Å². The number of ether oxygens (including phenoxy) is 2. The van der Waals surface area contributed by atoms with Crippen LogP contribution < -0.4 is 4.74 Å². The van der Waals surface area contributed by atoms with Gasteiger partial charge < -0.3 is 14.4 Å². The van der Waals surface area contributed by atoms with Crippen molar-refractivity contribution in [3.8, 4) is 5.75 Å². The Bertz CT molecular complexity index is 937.